The van der Waals surface area contributed by atoms with Gasteiger partial charge in [-0.15, -0.1) is 11.6 Å². The molecule has 1 aromatic carbocycles. The largest absolute Gasteiger partial charge is 0.495 e. The summed E-state index contributed by atoms with van der Waals surface area (Å²) in [5, 5.41) is 9.53. The van der Waals surface area contributed by atoms with Crippen molar-refractivity contribution >= 4 is 27.5 Å². The van der Waals surface area contributed by atoms with E-state index in [0.717, 1.165) is 4.47 Å². The smallest absolute Gasteiger partial charge is 0.138 e. The number of alkyl halides is 1. The van der Waals surface area contributed by atoms with E-state index in [1.807, 2.05) is 12.1 Å². The number of para-hydroxylation sites is 1. The first-order valence-electron chi connectivity index (χ1n) is 3.77. The molecule has 0 heterocycles. The molecule has 1 unspecified atom stereocenters. The molecule has 0 amide bonds. The number of hydrogen-bond acceptors (Lipinski definition) is 2. The van der Waals surface area contributed by atoms with Crippen LogP contribution in [0.5, 0.6) is 5.75 Å². The number of rotatable bonds is 3. The summed E-state index contributed by atoms with van der Waals surface area (Å²) in [6.07, 6.45) is -0.686. The third kappa shape index (κ3) is 2.36. The first-order chi connectivity index (χ1) is 6.20. The second kappa shape index (κ2) is 4.84. The van der Waals surface area contributed by atoms with Crippen LogP contribution in [0.4, 0.5) is 0 Å². The Hall–Kier alpha value is -0.250. The Bertz CT molecular complexity index is 291. The molecule has 0 spiro atoms. The van der Waals surface area contributed by atoms with E-state index in [1.54, 1.807) is 13.2 Å². The van der Waals surface area contributed by atoms with Gasteiger partial charge in [-0.05, 0) is 22.0 Å². The first kappa shape index (κ1) is 10.8. The fourth-order valence-corrected chi connectivity index (χ4v) is 1.80. The number of aliphatic hydroxyl groups excluding tert-OH is 1. The molecule has 0 saturated heterocycles. The second-order valence-corrected chi connectivity index (χ2v) is 3.70. The van der Waals surface area contributed by atoms with Crippen LogP contribution in [-0.2, 0) is 0 Å². The third-order valence-corrected chi connectivity index (χ3v) is 2.62. The van der Waals surface area contributed by atoms with Gasteiger partial charge in [0.1, 0.15) is 5.75 Å². The van der Waals surface area contributed by atoms with Gasteiger partial charge in [-0.2, -0.15) is 0 Å². The maximum absolute atomic E-state index is 9.53. The van der Waals surface area contributed by atoms with Crippen LogP contribution in [0.2, 0.25) is 0 Å². The molecule has 0 radical (unpaired) electrons. The van der Waals surface area contributed by atoms with E-state index >= 15 is 0 Å². The maximum atomic E-state index is 9.53. The van der Waals surface area contributed by atoms with Gasteiger partial charge in [0.05, 0.1) is 23.6 Å². The van der Waals surface area contributed by atoms with Crippen molar-refractivity contribution < 1.29 is 9.84 Å². The highest BCUT2D eigenvalue weighted by atomic mass is 79.9. The van der Waals surface area contributed by atoms with Crippen LogP contribution in [0, 0.1) is 0 Å². The summed E-state index contributed by atoms with van der Waals surface area (Å²) >= 11 is 8.87. The molecule has 1 atom stereocenters. The standard InChI is InChI=1S/C9H10BrClO2/c1-13-9-6(8(12)5-11)3-2-4-7(9)10/h2-4,8,12H,5H2,1H3. The van der Waals surface area contributed by atoms with Crippen LogP contribution in [0.25, 0.3) is 0 Å². The summed E-state index contributed by atoms with van der Waals surface area (Å²) in [4.78, 5) is 0. The Kier molecular flexibility index (Phi) is 4.03. The maximum Gasteiger partial charge on any atom is 0.138 e. The number of halogens is 2. The van der Waals surface area contributed by atoms with E-state index in [4.69, 9.17) is 16.3 Å². The molecule has 13 heavy (non-hydrogen) atoms. The highest BCUT2D eigenvalue weighted by Crippen LogP contribution is 2.32. The molecule has 0 aromatic heterocycles. The topological polar surface area (TPSA) is 29.5 Å². The number of aliphatic hydroxyl groups is 1. The minimum Gasteiger partial charge on any atom is -0.495 e. The Labute approximate surface area is 90.6 Å². The summed E-state index contributed by atoms with van der Waals surface area (Å²) < 4.78 is 5.95. The molecule has 2 nitrogen and oxygen atoms in total. The van der Waals surface area contributed by atoms with Gasteiger partial charge < -0.3 is 9.84 Å². The zero-order valence-corrected chi connectivity index (χ0v) is 9.47. The van der Waals surface area contributed by atoms with Crippen molar-refractivity contribution in [2.24, 2.45) is 0 Å². The van der Waals surface area contributed by atoms with Crippen molar-refractivity contribution in [3.63, 3.8) is 0 Å². The fraction of sp³-hybridized carbons (Fsp3) is 0.333. The van der Waals surface area contributed by atoms with Crippen LogP contribution < -0.4 is 4.74 Å². The molecule has 1 rings (SSSR count). The van der Waals surface area contributed by atoms with Gasteiger partial charge in [-0.25, -0.2) is 0 Å². The van der Waals surface area contributed by atoms with Crippen molar-refractivity contribution in [2.45, 2.75) is 6.10 Å². The molecule has 1 aromatic rings. The quantitative estimate of drug-likeness (QED) is 0.852. The summed E-state index contributed by atoms with van der Waals surface area (Å²) in [6, 6.07) is 5.47. The van der Waals surface area contributed by atoms with E-state index in [1.165, 1.54) is 0 Å². The average molecular weight is 266 g/mol. The van der Waals surface area contributed by atoms with Crippen LogP contribution in [0.3, 0.4) is 0 Å². The number of methoxy groups -OCH3 is 1. The van der Waals surface area contributed by atoms with Gasteiger partial charge in [-0.1, -0.05) is 12.1 Å². The monoisotopic (exact) mass is 264 g/mol. The first-order valence-corrected chi connectivity index (χ1v) is 5.10. The SMILES string of the molecule is COc1c(Br)cccc1C(O)CCl. The van der Waals surface area contributed by atoms with E-state index in [2.05, 4.69) is 15.9 Å². The summed E-state index contributed by atoms with van der Waals surface area (Å²) in [5.41, 5.74) is 0.701. The zero-order chi connectivity index (χ0) is 9.84. The molecule has 0 fully saturated rings. The van der Waals surface area contributed by atoms with Crippen LogP contribution in [0.1, 0.15) is 11.7 Å². The molecule has 0 aliphatic carbocycles. The van der Waals surface area contributed by atoms with Gasteiger partial charge in [0.2, 0.25) is 0 Å². The molecular formula is C9H10BrClO2. The van der Waals surface area contributed by atoms with E-state index < -0.39 is 6.10 Å². The molecule has 0 saturated carbocycles. The summed E-state index contributed by atoms with van der Waals surface area (Å²) in [6.45, 7) is 0. The Morgan fingerprint density at radius 1 is 1.62 bits per heavy atom. The summed E-state index contributed by atoms with van der Waals surface area (Å²) in [7, 11) is 1.56. The molecule has 1 N–H and O–H groups in total. The van der Waals surface area contributed by atoms with Gasteiger partial charge >= 0.3 is 0 Å². The molecule has 0 aliphatic rings. The third-order valence-electron chi connectivity index (χ3n) is 1.71. The lowest BCUT2D eigenvalue weighted by atomic mass is 10.1. The predicted molar refractivity (Wildman–Crippen MR) is 56.4 cm³/mol. The number of benzene rings is 1. The van der Waals surface area contributed by atoms with Gasteiger partial charge in [0.25, 0.3) is 0 Å². The van der Waals surface area contributed by atoms with Crippen molar-refractivity contribution in [3.8, 4) is 5.75 Å². The van der Waals surface area contributed by atoms with Crippen molar-refractivity contribution in [3.05, 3.63) is 28.2 Å². The van der Waals surface area contributed by atoms with Crippen molar-refractivity contribution in [1.82, 2.24) is 0 Å². The lowest BCUT2D eigenvalue weighted by Crippen LogP contribution is -2.01. The number of ether oxygens (including phenoxy) is 1. The van der Waals surface area contributed by atoms with E-state index in [0.29, 0.717) is 11.3 Å². The molecular weight excluding hydrogens is 255 g/mol. The van der Waals surface area contributed by atoms with Crippen LogP contribution >= 0.6 is 27.5 Å². The van der Waals surface area contributed by atoms with E-state index in [9.17, 15) is 5.11 Å². The van der Waals surface area contributed by atoms with Crippen LogP contribution in [0.15, 0.2) is 22.7 Å². The lowest BCUT2D eigenvalue weighted by Gasteiger charge is -2.13. The highest BCUT2D eigenvalue weighted by Gasteiger charge is 2.13. The molecule has 0 aliphatic heterocycles. The normalized spacial score (nSPS) is 12.6. The Morgan fingerprint density at radius 3 is 2.85 bits per heavy atom. The van der Waals surface area contributed by atoms with Gasteiger partial charge in [0, 0.05) is 5.56 Å². The summed E-state index contributed by atoms with van der Waals surface area (Å²) in [5.74, 6) is 0.794. The molecule has 0 bridgehead atoms. The minimum atomic E-state index is -0.686. The van der Waals surface area contributed by atoms with Gasteiger partial charge in [-0.3, -0.25) is 0 Å². The Balaban J connectivity index is 3.12. The fourth-order valence-electron chi connectivity index (χ4n) is 1.09. The highest BCUT2D eigenvalue weighted by molar-refractivity contribution is 9.10. The van der Waals surface area contributed by atoms with Gasteiger partial charge in [0.15, 0.2) is 0 Å². The van der Waals surface area contributed by atoms with Crippen LogP contribution in [-0.4, -0.2) is 18.1 Å². The molecule has 4 heteroatoms. The minimum absolute atomic E-state index is 0.160. The number of hydrogen-bond donors (Lipinski definition) is 1. The molecule has 72 valence electrons. The second-order valence-electron chi connectivity index (χ2n) is 2.53. The predicted octanol–water partition coefficient (Wildman–Crippen LogP) is 2.73. The lowest BCUT2D eigenvalue weighted by molar-refractivity contribution is 0.197. The Morgan fingerprint density at radius 2 is 2.31 bits per heavy atom. The van der Waals surface area contributed by atoms with E-state index in [-0.39, 0.29) is 5.88 Å². The average Bonchev–Trinajstić information content (AvgIpc) is 2.16. The van der Waals surface area contributed by atoms with Crippen molar-refractivity contribution in [2.75, 3.05) is 13.0 Å². The zero-order valence-electron chi connectivity index (χ0n) is 7.13. The van der Waals surface area contributed by atoms with Crippen molar-refractivity contribution in [1.29, 1.82) is 0 Å².